The van der Waals surface area contributed by atoms with E-state index in [2.05, 4.69) is 17.2 Å². The molecule has 14 heavy (non-hydrogen) atoms. The molecule has 0 aromatic carbocycles. The highest BCUT2D eigenvalue weighted by atomic mass is 15.1. The summed E-state index contributed by atoms with van der Waals surface area (Å²) in [6.45, 7) is 5.11. The Morgan fingerprint density at radius 2 is 2.14 bits per heavy atom. The Labute approximate surface area is 87.2 Å². The summed E-state index contributed by atoms with van der Waals surface area (Å²) < 4.78 is 0. The Balaban J connectivity index is 2.33. The average molecular weight is 197 g/mol. The van der Waals surface area contributed by atoms with Crippen LogP contribution in [0.1, 0.15) is 46.0 Å². The van der Waals surface area contributed by atoms with Crippen LogP contribution in [0.5, 0.6) is 0 Å². The van der Waals surface area contributed by atoms with E-state index in [1.54, 1.807) is 0 Å². The molecule has 3 nitrogen and oxygen atoms in total. The number of nitrogens with two attached hydrogens (primary N) is 1. The number of nitrogens with zero attached hydrogens (tertiary/aromatic N) is 1. The lowest BCUT2D eigenvalue weighted by Crippen LogP contribution is -2.39. The zero-order chi connectivity index (χ0) is 10.4. The molecule has 1 fully saturated rings. The van der Waals surface area contributed by atoms with Crippen molar-refractivity contribution in [2.24, 2.45) is 16.6 Å². The molecule has 0 aromatic heterocycles. The van der Waals surface area contributed by atoms with Gasteiger partial charge in [-0.1, -0.05) is 19.8 Å². The van der Waals surface area contributed by atoms with Crippen molar-refractivity contribution in [2.45, 2.75) is 52.0 Å². The Hall–Kier alpha value is -0.730. The quantitative estimate of drug-likeness (QED) is 0.403. The van der Waals surface area contributed by atoms with Gasteiger partial charge in [0.05, 0.1) is 0 Å². The second-order valence-corrected chi connectivity index (χ2v) is 4.31. The summed E-state index contributed by atoms with van der Waals surface area (Å²) in [5.41, 5.74) is 5.74. The molecule has 0 radical (unpaired) electrons. The van der Waals surface area contributed by atoms with Crippen molar-refractivity contribution in [3.8, 4) is 0 Å². The minimum absolute atomic E-state index is 0.551. The van der Waals surface area contributed by atoms with Crippen LogP contribution >= 0.6 is 0 Å². The van der Waals surface area contributed by atoms with Crippen LogP contribution in [0.3, 0.4) is 0 Å². The average Bonchev–Trinajstić information content (AvgIpc) is 2.32. The number of hydrogen-bond acceptors (Lipinski definition) is 1. The number of nitrogens with one attached hydrogen (secondary N) is 1. The zero-order valence-electron chi connectivity index (χ0n) is 9.42. The third kappa shape index (κ3) is 3.99. The fourth-order valence-corrected chi connectivity index (χ4v) is 2.06. The molecule has 2 atom stereocenters. The van der Waals surface area contributed by atoms with Crippen LogP contribution in [0, 0.1) is 5.92 Å². The van der Waals surface area contributed by atoms with Crippen molar-refractivity contribution in [3.05, 3.63) is 0 Å². The van der Waals surface area contributed by atoms with Crippen molar-refractivity contribution < 1.29 is 0 Å². The van der Waals surface area contributed by atoms with Gasteiger partial charge in [-0.25, -0.2) is 0 Å². The first-order valence-electron chi connectivity index (χ1n) is 5.78. The molecule has 0 amide bonds. The Kier molecular flexibility index (Phi) is 4.77. The molecule has 1 aliphatic rings. The fourth-order valence-electron chi connectivity index (χ4n) is 2.06. The molecule has 0 bridgehead atoms. The molecular formula is C11H23N3. The highest BCUT2D eigenvalue weighted by Crippen LogP contribution is 2.22. The maximum absolute atomic E-state index is 5.74. The lowest BCUT2D eigenvalue weighted by atomic mass is 10.0. The van der Waals surface area contributed by atoms with Gasteiger partial charge in [0.2, 0.25) is 0 Å². The molecule has 0 heterocycles. The van der Waals surface area contributed by atoms with Gasteiger partial charge in [-0.3, -0.25) is 4.99 Å². The van der Waals surface area contributed by atoms with E-state index in [1.807, 2.05) is 6.92 Å². The van der Waals surface area contributed by atoms with E-state index >= 15 is 0 Å². The standard InChI is InChI=1S/C11H23N3/c1-3-13-11(12)14-10-6-4-5-9(2)7-8-10/h9-10H,3-8H2,1-2H3,(H3,12,13,14). The van der Waals surface area contributed by atoms with Crippen molar-refractivity contribution in [3.63, 3.8) is 0 Å². The van der Waals surface area contributed by atoms with E-state index in [4.69, 9.17) is 5.73 Å². The van der Waals surface area contributed by atoms with Gasteiger partial charge in [0, 0.05) is 12.6 Å². The minimum Gasteiger partial charge on any atom is -0.370 e. The van der Waals surface area contributed by atoms with E-state index in [0.717, 1.165) is 12.5 Å². The SMILES string of the molecule is CCN=C(N)NC1CCCC(C)CC1. The summed E-state index contributed by atoms with van der Waals surface area (Å²) in [5, 5.41) is 3.31. The van der Waals surface area contributed by atoms with Gasteiger partial charge in [0.1, 0.15) is 0 Å². The lowest BCUT2D eigenvalue weighted by molar-refractivity contribution is 0.489. The summed E-state index contributed by atoms with van der Waals surface area (Å²) in [4.78, 5) is 4.15. The third-order valence-electron chi connectivity index (χ3n) is 2.94. The summed E-state index contributed by atoms with van der Waals surface area (Å²) >= 11 is 0. The molecule has 2 unspecified atom stereocenters. The van der Waals surface area contributed by atoms with Gasteiger partial charge >= 0.3 is 0 Å². The summed E-state index contributed by atoms with van der Waals surface area (Å²) in [6.07, 6.45) is 6.48. The summed E-state index contributed by atoms with van der Waals surface area (Å²) in [6, 6.07) is 0.551. The Morgan fingerprint density at radius 1 is 1.36 bits per heavy atom. The number of aliphatic imine (C=N–C) groups is 1. The smallest absolute Gasteiger partial charge is 0.188 e. The molecule has 0 aliphatic heterocycles. The van der Waals surface area contributed by atoms with Crippen LogP contribution in [0.4, 0.5) is 0 Å². The second kappa shape index (κ2) is 5.89. The van der Waals surface area contributed by atoms with Crippen LogP contribution in [-0.4, -0.2) is 18.5 Å². The summed E-state index contributed by atoms with van der Waals surface area (Å²) in [5.74, 6) is 1.50. The van der Waals surface area contributed by atoms with Crippen molar-refractivity contribution in [1.29, 1.82) is 0 Å². The first-order chi connectivity index (χ1) is 6.72. The molecule has 3 heteroatoms. The van der Waals surface area contributed by atoms with Crippen molar-refractivity contribution in [1.82, 2.24) is 5.32 Å². The van der Waals surface area contributed by atoms with Crippen molar-refractivity contribution >= 4 is 5.96 Å². The van der Waals surface area contributed by atoms with Crippen LogP contribution in [0.25, 0.3) is 0 Å². The Morgan fingerprint density at radius 3 is 2.86 bits per heavy atom. The van der Waals surface area contributed by atoms with E-state index in [-0.39, 0.29) is 0 Å². The van der Waals surface area contributed by atoms with E-state index < -0.39 is 0 Å². The van der Waals surface area contributed by atoms with Crippen molar-refractivity contribution in [2.75, 3.05) is 6.54 Å². The third-order valence-corrected chi connectivity index (χ3v) is 2.94. The lowest BCUT2D eigenvalue weighted by Gasteiger charge is -2.16. The molecule has 1 saturated carbocycles. The highest BCUT2D eigenvalue weighted by Gasteiger charge is 2.15. The van der Waals surface area contributed by atoms with Crippen LogP contribution in [0.2, 0.25) is 0 Å². The molecule has 0 aromatic rings. The van der Waals surface area contributed by atoms with Crippen LogP contribution < -0.4 is 11.1 Å². The number of hydrogen-bond donors (Lipinski definition) is 2. The largest absolute Gasteiger partial charge is 0.370 e. The minimum atomic E-state index is 0.551. The molecule has 82 valence electrons. The van der Waals surface area contributed by atoms with Crippen LogP contribution in [-0.2, 0) is 0 Å². The number of rotatable bonds is 2. The topological polar surface area (TPSA) is 50.4 Å². The predicted octanol–water partition coefficient (Wildman–Crippen LogP) is 1.88. The predicted molar refractivity (Wildman–Crippen MR) is 61.3 cm³/mol. The first-order valence-corrected chi connectivity index (χ1v) is 5.78. The maximum Gasteiger partial charge on any atom is 0.188 e. The van der Waals surface area contributed by atoms with Gasteiger partial charge in [-0.15, -0.1) is 0 Å². The molecule has 0 spiro atoms. The Bertz CT molecular complexity index is 189. The molecular weight excluding hydrogens is 174 g/mol. The number of guanidine groups is 1. The summed E-state index contributed by atoms with van der Waals surface area (Å²) in [7, 11) is 0. The van der Waals surface area contributed by atoms with Gasteiger partial charge in [0.15, 0.2) is 5.96 Å². The molecule has 1 rings (SSSR count). The van der Waals surface area contributed by atoms with E-state index in [1.165, 1.54) is 32.1 Å². The molecule has 1 aliphatic carbocycles. The normalized spacial score (nSPS) is 29.7. The van der Waals surface area contributed by atoms with Gasteiger partial charge < -0.3 is 11.1 Å². The van der Waals surface area contributed by atoms with Gasteiger partial charge in [-0.05, 0) is 32.1 Å². The maximum atomic E-state index is 5.74. The zero-order valence-corrected chi connectivity index (χ0v) is 9.42. The van der Waals surface area contributed by atoms with Crippen LogP contribution in [0.15, 0.2) is 4.99 Å². The first kappa shape index (κ1) is 11.3. The molecule has 3 N–H and O–H groups in total. The van der Waals surface area contributed by atoms with Gasteiger partial charge in [-0.2, -0.15) is 0 Å². The highest BCUT2D eigenvalue weighted by molar-refractivity contribution is 5.78. The van der Waals surface area contributed by atoms with E-state index in [9.17, 15) is 0 Å². The van der Waals surface area contributed by atoms with Gasteiger partial charge in [0.25, 0.3) is 0 Å². The van der Waals surface area contributed by atoms with E-state index in [0.29, 0.717) is 12.0 Å². The monoisotopic (exact) mass is 197 g/mol. The second-order valence-electron chi connectivity index (χ2n) is 4.31. The fraction of sp³-hybridized carbons (Fsp3) is 0.909. The molecule has 0 saturated heterocycles.